The maximum Gasteiger partial charge on any atom is 0.134 e. The van der Waals surface area contributed by atoms with Crippen LogP contribution >= 0.6 is 11.8 Å². The minimum absolute atomic E-state index is 0.730. The third-order valence-electron chi connectivity index (χ3n) is 1.94. The van der Waals surface area contributed by atoms with E-state index >= 15 is 0 Å². The summed E-state index contributed by atoms with van der Waals surface area (Å²) in [6, 6.07) is 5.73. The molecule has 0 aliphatic rings. The van der Waals surface area contributed by atoms with Crippen molar-refractivity contribution in [2.24, 2.45) is 0 Å². The number of rotatable bonds is 6. The van der Waals surface area contributed by atoms with E-state index in [9.17, 15) is 0 Å². The van der Waals surface area contributed by atoms with E-state index in [0.717, 1.165) is 35.1 Å². The first-order valence-corrected chi connectivity index (χ1v) is 5.81. The van der Waals surface area contributed by atoms with E-state index < -0.39 is 0 Å². The Labute approximate surface area is 94.9 Å². The first-order chi connectivity index (χ1) is 7.27. The van der Waals surface area contributed by atoms with E-state index in [0.29, 0.717) is 0 Å². The molecule has 0 atom stereocenters. The predicted octanol–water partition coefficient (Wildman–Crippen LogP) is 2.41. The van der Waals surface area contributed by atoms with Gasteiger partial charge in [0.25, 0.3) is 0 Å². The van der Waals surface area contributed by atoms with Crippen molar-refractivity contribution in [1.82, 2.24) is 0 Å². The van der Waals surface area contributed by atoms with Gasteiger partial charge in [-0.2, -0.15) is 0 Å². The van der Waals surface area contributed by atoms with Crippen molar-refractivity contribution < 1.29 is 9.47 Å². The van der Waals surface area contributed by atoms with Crippen molar-refractivity contribution >= 4 is 17.4 Å². The predicted molar refractivity (Wildman–Crippen MR) is 64.6 cm³/mol. The topological polar surface area (TPSA) is 44.5 Å². The van der Waals surface area contributed by atoms with Gasteiger partial charge in [-0.05, 0) is 18.6 Å². The Bertz CT molecular complexity index is 305. The van der Waals surface area contributed by atoms with Crippen LogP contribution in [0.5, 0.6) is 5.75 Å². The Morgan fingerprint density at radius 1 is 1.33 bits per heavy atom. The molecule has 84 valence electrons. The summed E-state index contributed by atoms with van der Waals surface area (Å²) in [4.78, 5) is 1.13. The Kier molecular flexibility index (Phi) is 5.36. The Morgan fingerprint density at radius 2 is 2.13 bits per heavy atom. The van der Waals surface area contributed by atoms with Crippen molar-refractivity contribution in [2.45, 2.75) is 11.3 Å². The number of anilines is 1. The van der Waals surface area contributed by atoms with Crippen molar-refractivity contribution in [1.29, 1.82) is 0 Å². The van der Waals surface area contributed by atoms with Gasteiger partial charge in [0.1, 0.15) is 5.75 Å². The van der Waals surface area contributed by atoms with Crippen LogP contribution in [0, 0.1) is 0 Å². The van der Waals surface area contributed by atoms with Crippen LogP contribution in [0.1, 0.15) is 6.42 Å². The van der Waals surface area contributed by atoms with Gasteiger partial charge in [0.05, 0.1) is 7.11 Å². The molecule has 0 bridgehead atoms. The molecule has 2 N–H and O–H groups in total. The second kappa shape index (κ2) is 6.58. The minimum atomic E-state index is 0.730. The summed E-state index contributed by atoms with van der Waals surface area (Å²) in [5.41, 5.74) is 6.40. The number of methoxy groups -OCH3 is 2. The van der Waals surface area contributed by atoms with Gasteiger partial charge in [-0.1, -0.05) is 0 Å². The molecule has 0 heterocycles. The smallest absolute Gasteiger partial charge is 0.134 e. The van der Waals surface area contributed by atoms with Crippen LogP contribution in [-0.4, -0.2) is 26.6 Å². The van der Waals surface area contributed by atoms with E-state index in [1.807, 2.05) is 18.2 Å². The average Bonchev–Trinajstić information content (AvgIpc) is 2.26. The number of benzene rings is 1. The lowest BCUT2D eigenvalue weighted by atomic mass is 10.3. The van der Waals surface area contributed by atoms with Crippen LogP contribution in [0.25, 0.3) is 0 Å². The SMILES string of the molecule is COCCCSc1ccc(N)cc1OC. The quantitative estimate of drug-likeness (QED) is 0.460. The van der Waals surface area contributed by atoms with Gasteiger partial charge in [0.2, 0.25) is 0 Å². The lowest BCUT2D eigenvalue weighted by Gasteiger charge is -2.08. The summed E-state index contributed by atoms with van der Waals surface area (Å²) in [5.74, 6) is 1.87. The van der Waals surface area contributed by atoms with E-state index in [4.69, 9.17) is 15.2 Å². The Morgan fingerprint density at radius 3 is 2.80 bits per heavy atom. The fraction of sp³-hybridized carbons (Fsp3) is 0.455. The molecule has 0 saturated carbocycles. The Hall–Kier alpha value is -0.870. The molecule has 4 heteroatoms. The highest BCUT2D eigenvalue weighted by Gasteiger charge is 2.03. The van der Waals surface area contributed by atoms with Gasteiger partial charge in [0.15, 0.2) is 0 Å². The second-order valence-corrected chi connectivity index (χ2v) is 4.24. The largest absolute Gasteiger partial charge is 0.496 e. The number of hydrogen-bond donors (Lipinski definition) is 1. The number of nitrogens with two attached hydrogens (primary N) is 1. The number of hydrogen-bond acceptors (Lipinski definition) is 4. The first kappa shape index (κ1) is 12.2. The van der Waals surface area contributed by atoms with Crippen molar-refractivity contribution in [3.63, 3.8) is 0 Å². The highest BCUT2D eigenvalue weighted by Crippen LogP contribution is 2.31. The van der Waals surface area contributed by atoms with Gasteiger partial charge < -0.3 is 15.2 Å². The molecule has 0 spiro atoms. The van der Waals surface area contributed by atoms with E-state index in [1.165, 1.54) is 0 Å². The third-order valence-corrected chi connectivity index (χ3v) is 3.08. The van der Waals surface area contributed by atoms with Gasteiger partial charge >= 0.3 is 0 Å². The molecular weight excluding hydrogens is 210 g/mol. The second-order valence-electron chi connectivity index (χ2n) is 3.11. The molecule has 1 rings (SSSR count). The molecule has 15 heavy (non-hydrogen) atoms. The van der Waals surface area contributed by atoms with Gasteiger partial charge in [-0.15, -0.1) is 11.8 Å². The zero-order chi connectivity index (χ0) is 11.1. The standard InChI is InChI=1S/C11H17NO2S/c1-13-6-3-7-15-11-5-4-9(12)8-10(11)14-2/h4-5,8H,3,6-7,12H2,1-2H3. The Balaban J connectivity index is 2.52. The molecule has 0 aliphatic heterocycles. The fourth-order valence-corrected chi connectivity index (χ4v) is 2.12. The zero-order valence-electron chi connectivity index (χ0n) is 9.16. The molecule has 0 radical (unpaired) electrons. The summed E-state index contributed by atoms with van der Waals surface area (Å²) in [6.07, 6.45) is 1.04. The lowest BCUT2D eigenvalue weighted by Crippen LogP contribution is -1.93. The number of nitrogen functional groups attached to an aromatic ring is 1. The number of ether oxygens (including phenoxy) is 2. The van der Waals surface area contributed by atoms with Crippen LogP contribution in [0.3, 0.4) is 0 Å². The molecular formula is C11H17NO2S. The molecule has 0 fully saturated rings. The molecule has 0 unspecified atom stereocenters. The molecule has 0 amide bonds. The summed E-state index contributed by atoms with van der Waals surface area (Å²) in [5, 5.41) is 0. The number of thioether (sulfide) groups is 1. The van der Waals surface area contributed by atoms with Gasteiger partial charge in [-0.3, -0.25) is 0 Å². The summed E-state index contributed by atoms with van der Waals surface area (Å²) in [7, 11) is 3.38. The van der Waals surface area contributed by atoms with Crippen LogP contribution in [-0.2, 0) is 4.74 Å². The van der Waals surface area contributed by atoms with Gasteiger partial charge in [0, 0.05) is 36.1 Å². The molecule has 0 saturated heterocycles. The van der Waals surface area contributed by atoms with E-state index in [1.54, 1.807) is 26.0 Å². The van der Waals surface area contributed by atoms with E-state index in [-0.39, 0.29) is 0 Å². The molecule has 1 aromatic rings. The average molecular weight is 227 g/mol. The molecule has 0 aromatic heterocycles. The molecule has 0 aliphatic carbocycles. The third kappa shape index (κ3) is 4.01. The van der Waals surface area contributed by atoms with Crippen LogP contribution in [0.2, 0.25) is 0 Å². The summed E-state index contributed by atoms with van der Waals surface area (Å²) in [6.45, 7) is 0.796. The van der Waals surface area contributed by atoms with Crippen molar-refractivity contribution in [3.05, 3.63) is 18.2 Å². The zero-order valence-corrected chi connectivity index (χ0v) is 9.97. The van der Waals surface area contributed by atoms with Gasteiger partial charge in [-0.25, -0.2) is 0 Å². The van der Waals surface area contributed by atoms with E-state index in [2.05, 4.69) is 0 Å². The highest BCUT2D eigenvalue weighted by atomic mass is 32.2. The minimum Gasteiger partial charge on any atom is -0.496 e. The summed E-state index contributed by atoms with van der Waals surface area (Å²) >= 11 is 1.76. The molecule has 1 aromatic carbocycles. The maximum atomic E-state index is 5.67. The molecule has 3 nitrogen and oxygen atoms in total. The van der Waals surface area contributed by atoms with Crippen molar-refractivity contribution in [3.8, 4) is 5.75 Å². The fourth-order valence-electron chi connectivity index (χ4n) is 1.19. The van der Waals surface area contributed by atoms with Crippen molar-refractivity contribution in [2.75, 3.05) is 32.3 Å². The van der Waals surface area contributed by atoms with Crippen LogP contribution < -0.4 is 10.5 Å². The lowest BCUT2D eigenvalue weighted by molar-refractivity contribution is 0.200. The highest BCUT2D eigenvalue weighted by molar-refractivity contribution is 7.99. The van der Waals surface area contributed by atoms with Crippen LogP contribution in [0.15, 0.2) is 23.1 Å². The van der Waals surface area contributed by atoms with Crippen LogP contribution in [0.4, 0.5) is 5.69 Å². The normalized spacial score (nSPS) is 10.3. The monoisotopic (exact) mass is 227 g/mol. The maximum absolute atomic E-state index is 5.67. The first-order valence-electron chi connectivity index (χ1n) is 4.83. The summed E-state index contributed by atoms with van der Waals surface area (Å²) < 4.78 is 10.2.